The minimum absolute atomic E-state index is 0.00146. The van der Waals surface area contributed by atoms with Gasteiger partial charge in [0.15, 0.2) is 0 Å². The van der Waals surface area contributed by atoms with Crippen molar-refractivity contribution < 1.29 is 0 Å². The Labute approximate surface area is 108 Å². The summed E-state index contributed by atoms with van der Waals surface area (Å²) in [5.74, 6) is 1.00. The van der Waals surface area contributed by atoms with Gasteiger partial charge in [0.2, 0.25) is 0 Å². The van der Waals surface area contributed by atoms with Crippen molar-refractivity contribution in [2.24, 2.45) is 15.8 Å². The second kappa shape index (κ2) is 4.83. The van der Waals surface area contributed by atoms with Crippen LogP contribution in [-0.4, -0.2) is 11.4 Å². The van der Waals surface area contributed by atoms with E-state index in [1.165, 1.54) is 0 Å². The van der Waals surface area contributed by atoms with Crippen LogP contribution in [0.4, 0.5) is 0 Å². The van der Waals surface area contributed by atoms with Gasteiger partial charge in [-0.3, -0.25) is 4.99 Å². The van der Waals surface area contributed by atoms with Gasteiger partial charge in [-0.05, 0) is 20.8 Å². The molecule has 0 unspecified atom stereocenters. The van der Waals surface area contributed by atoms with Crippen molar-refractivity contribution in [3.63, 3.8) is 0 Å². The van der Waals surface area contributed by atoms with Gasteiger partial charge in [-0.25, -0.2) is 0 Å². The van der Waals surface area contributed by atoms with E-state index >= 15 is 0 Å². The van der Waals surface area contributed by atoms with Gasteiger partial charge in [-0.1, -0.05) is 48.1 Å². The van der Waals surface area contributed by atoms with Gasteiger partial charge in [-0.15, -0.1) is 0 Å². The lowest BCUT2D eigenvalue weighted by molar-refractivity contribution is 0.467. The molecule has 0 aromatic rings. The summed E-state index contributed by atoms with van der Waals surface area (Å²) in [4.78, 5) is 4.78. The smallest absolute Gasteiger partial charge is 0.106 e. The summed E-state index contributed by atoms with van der Waals surface area (Å²) in [6.07, 6.45) is 0. The summed E-state index contributed by atoms with van der Waals surface area (Å²) in [6, 6.07) is 0. The predicted molar refractivity (Wildman–Crippen MR) is 78.4 cm³/mol. The van der Waals surface area contributed by atoms with Gasteiger partial charge < -0.3 is 5.32 Å². The number of aliphatic imine (C=N–C) groups is 1. The van der Waals surface area contributed by atoms with Crippen LogP contribution in [0.25, 0.3) is 0 Å². The highest BCUT2D eigenvalue weighted by Crippen LogP contribution is 2.25. The lowest BCUT2D eigenvalue weighted by Gasteiger charge is -2.31. The first kappa shape index (κ1) is 16.2. The van der Waals surface area contributed by atoms with Gasteiger partial charge in [0.1, 0.15) is 5.84 Å². The Morgan fingerprint density at radius 2 is 1.24 bits per heavy atom. The van der Waals surface area contributed by atoms with E-state index in [1.54, 1.807) is 0 Å². The molecule has 0 aromatic carbocycles. The Hall–Kier alpha value is -0.790. The Balaban J connectivity index is 5.15. The van der Waals surface area contributed by atoms with Crippen LogP contribution in [0.15, 0.2) is 17.3 Å². The summed E-state index contributed by atoms with van der Waals surface area (Å²) in [5, 5.41) is 3.41. The molecule has 0 radical (unpaired) electrons. The minimum atomic E-state index is -0.0756. The third-order valence-corrected chi connectivity index (χ3v) is 2.33. The van der Waals surface area contributed by atoms with Gasteiger partial charge >= 0.3 is 0 Å². The maximum atomic E-state index is 4.78. The fourth-order valence-corrected chi connectivity index (χ4v) is 1.05. The molecule has 100 valence electrons. The summed E-state index contributed by atoms with van der Waals surface area (Å²) in [6.45, 7) is 23.4. The molecule has 0 aliphatic rings. The number of hydrogen-bond donors (Lipinski definition) is 1. The van der Waals surface area contributed by atoms with Gasteiger partial charge in [0, 0.05) is 16.5 Å². The van der Waals surface area contributed by atoms with Crippen molar-refractivity contribution in [2.45, 2.75) is 67.9 Å². The van der Waals surface area contributed by atoms with Crippen molar-refractivity contribution in [1.29, 1.82) is 0 Å². The Kier molecular flexibility index (Phi) is 4.61. The quantitative estimate of drug-likeness (QED) is 0.532. The number of hydrogen-bond acceptors (Lipinski definition) is 1. The standard InChI is InChI=1S/C15H30N2/c1-11(13(2,3)4)16-12(14(5,6)7)17-15(8,9)10/h1H2,2-10H3,(H,16,17). The van der Waals surface area contributed by atoms with Crippen LogP contribution in [0, 0.1) is 10.8 Å². The molecule has 0 fully saturated rings. The average molecular weight is 238 g/mol. The lowest BCUT2D eigenvalue weighted by atomic mass is 9.89. The fourth-order valence-electron chi connectivity index (χ4n) is 1.05. The summed E-state index contributed by atoms with van der Waals surface area (Å²) < 4.78 is 0. The van der Waals surface area contributed by atoms with Crippen molar-refractivity contribution in [1.82, 2.24) is 5.32 Å². The molecule has 0 saturated carbocycles. The highest BCUT2D eigenvalue weighted by Gasteiger charge is 2.25. The summed E-state index contributed by atoms with van der Waals surface area (Å²) >= 11 is 0. The zero-order chi connectivity index (χ0) is 14.1. The topological polar surface area (TPSA) is 24.4 Å². The van der Waals surface area contributed by atoms with E-state index in [0.29, 0.717) is 0 Å². The highest BCUT2D eigenvalue weighted by atomic mass is 15.0. The largest absolute Gasteiger partial charge is 0.347 e. The minimum Gasteiger partial charge on any atom is -0.347 e. The van der Waals surface area contributed by atoms with Crippen LogP contribution in [-0.2, 0) is 0 Å². The molecule has 0 aliphatic carbocycles. The van der Waals surface area contributed by atoms with Crippen LogP contribution in [0.1, 0.15) is 62.3 Å². The average Bonchev–Trinajstić information content (AvgIpc) is 1.96. The van der Waals surface area contributed by atoms with Crippen molar-refractivity contribution in [3.8, 4) is 0 Å². The number of allylic oxidation sites excluding steroid dienone is 1. The molecule has 1 N–H and O–H groups in total. The predicted octanol–water partition coefficient (Wildman–Crippen LogP) is 4.38. The van der Waals surface area contributed by atoms with E-state index in [1.807, 2.05) is 0 Å². The molecule has 2 nitrogen and oxygen atoms in total. The van der Waals surface area contributed by atoms with Crippen molar-refractivity contribution in [2.75, 3.05) is 0 Å². The molecular weight excluding hydrogens is 208 g/mol. The first-order valence-corrected chi connectivity index (χ1v) is 6.30. The first-order chi connectivity index (χ1) is 7.23. The highest BCUT2D eigenvalue weighted by molar-refractivity contribution is 5.88. The molecule has 0 atom stereocenters. The lowest BCUT2D eigenvalue weighted by Crippen LogP contribution is -2.39. The molecule has 0 spiro atoms. The summed E-state index contributed by atoms with van der Waals surface area (Å²) in [7, 11) is 0. The van der Waals surface area contributed by atoms with Crippen LogP contribution < -0.4 is 5.32 Å². The Morgan fingerprint density at radius 3 is 1.47 bits per heavy atom. The molecule has 0 amide bonds. The Morgan fingerprint density at radius 1 is 0.824 bits per heavy atom. The second-order valence-electron chi connectivity index (χ2n) is 7.73. The molecule has 2 heteroatoms. The van der Waals surface area contributed by atoms with Gasteiger partial charge in [0.25, 0.3) is 0 Å². The van der Waals surface area contributed by atoms with Crippen LogP contribution in [0.3, 0.4) is 0 Å². The number of nitrogens with one attached hydrogen (secondary N) is 1. The zero-order valence-corrected chi connectivity index (χ0v) is 13.2. The second-order valence-corrected chi connectivity index (χ2v) is 7.73. The third-order valence-electron chi connectivity index (χ3n) is 2.33. The van der Waals surface area contributed by atoms with Gasteiger partial charge in [-0.2, -0.15) is 0 Å². The first-order valence-electron chi connectivity index (χ1n) is 6.30. The summed E-state index contributed by atoms with van der Waals surface area (Å²) in [5.41, 5.74) is 0.981. The SMILES string of the molecule is C=C(NC(=NC(C)(C)C)C(C)(C)C)C(C)(C)C. The molecule has 0 bridgehead atoms. The van der Waals surface area contributed by atoms with E-state index in [-0.39, 0.29) is 16.4 Å². The maximum absolute atomic E-state index is 4.78. The van der Waals surface area contributed by atoms with E-state index in [9.17, 15) is 0 Å². The molecule has 0 aromatic heterocycles. The number of rotatable bonds is 1. The Bertz CT molecular complexity index is 303. The molecule has 0 saturated heterocycles. The number of nitrogens with zero attached hydrogens (tertiary/aromatic N) is 1. The fraction of sp³-hybridized carbons (Fsp3) is 0.800. The van der Waals surface area contributed by atoms with Gasteiger partial charge in [0.05, 0.1) is 5.54 Å². The van der Waals surface area contributed by atoms with Crippen LogP contribution in [0.5, 0.6) is 0 Å². The van der Waals surface area contributed by atoms with Crippen LogP contribution >= 0.6 is 0 Å². The molecule has 0 aliphatic heterocycles. The van der Waals surface area contributed by atoms with E-state index in [2.05, 4.69) is 74.2 Å². The maximum Gasteiger partial charge on any atom is 0.106 e. The van der Waals surface area contributed by atoms with E-state index < -0.39 is 0 Å². The zero-order valence-electron chi connectivity index (χ0n) is 13.2. The monoisotopic (exact) mass is 238 g/mol. The molecule has 17 heavy (non-hydrogen) atoms. The van der Waals surface area contributed by atoms with Crippen molar-refractivity contribution in [3.05, 3.63) is 12.3 Å². The third kappa shape index (κ3) is 6.50. The number of amidine groups is 1. The van der Waals surface area contributed by atoms with E-state index in [0.717, 1.165) is 11.5 Å². The van der Waals surface area contributed by atoms with Crippen LogP contribution in [0.2, 0.25) is 0 Å². The molecule has 0 rings (SSSR count). The molecule has 0 heterocycles. The van der Waals surface area contributed by atoms with E-state index in [4.69, 9.17) is 4.99 Å². The normalized spacial score (nSPS) is 14.8. The molecular formula is C15H30N2. The van der Waals surface area contributed by atoms with Crippen molar-refractivity contribution >= 4 is 5.84 Å².